The van der Waals surface area contributed by atoms with Gasteiger partial charge in [0, 0.05) is 18.5 Å². The molecular formula is C18H26N4O3. The number of H-pyrrole nitrogens is 1. The predicted octanol–water partition coefficient (Wildman–Crippen LogP) is 2.67. The van der Waals surface area contributed by atoms with E-state index in [1.165, 1.54) is 0 Å². The molecule has 0 aliphatic carbocycles. The maximum absolute atomic E-state index is 12.9. The Kier molecular flexibility index (Phi) is 5.22. The van der Waals surface area contributed by atoms with Gasteiger partial charge in [-0.1, -0.05) is 6.92 Å². The van der Waals surface area contributed by atoms with Crippen molar-refractivity contribution in [3.8, 4) is 0 Å². The molecule has 2 aromatic rings. The molecule has 1 saturated heterocycles. The Balaban J connectivity index is 1.69. The lowest BCUT2D eigenvalue weighted by atomic mass is 9.99. The summed E-state index contributed by atoms with van der Waals surface area (Å²) in [5.41, 5.74) is 0.952. The number of ether oxygens (including phenoxy) is 1. The molecule has 0 spiro atoms. The number of hydrogen-bond donors (Lipinski definition) is 1. The van der Waals surface area contributed by atoms with Crippen molar-refractivity contribution in [1.82, 2.24) is 20.1 Å². The number of aryl methyl sites for hydroxylation is 3. The molecule has 3 heterocycles. The summed E-state index contributed by atoms with van der Waals surface area (Å²) < 4.78 is 11.4. The van der Waals surface area contributed by atoms with Gasteiger partial charge in [-0.3, -0.25) is 9.89 Å². The molecule has 1 aliphatic rings. The molecule has 1 aliphatic heterocycles. The summed E-state index contributed by atoms with van der Waals surface area (Å²) in [6, 6.07) is 1.95. The molecule has 25 heavy (non-hydrogen) atoms. The zero-order chi connectivity index (χ0) is 18.0. The second-order valence-electron chi connectivity index (χ2n) is 6.62. The number of amides is 1. The van der Waals surface area contributed by atoms with E-state index in [-0.39, 0.29) is 17.9 Å². The number of nitrogens with zero attached hydrogens (tertiary/aromatic N) is 3. The van der Waals surface area contributed by atoms with E-state index in [1.54, 1.807) is 0 Å². The number of carbonyl (C=O) groups excluding carboxylic acids is 1. The van der Waals surface area contributed by atoms with Gasteiger partial charge in [0.2, 0.25) is 5.91 Å². The molecule has 7 nitrogen and oxygen atoms in total. The number of furan rings is 1. The zero-order valence-electron chi connectivity index (χ0n) is 15.3. The number of nitrogens with one attached hydrogen (secondary N) is 1. The van der Waals surface area contributed by atoms with Crippen molar-refractivity contribution in [1.29, 1.82) is 0 Å². The lowest BCUT2D eigenvalue weighted by Crippen LogP contribution is -2.44. The van der Waals surface area contributed by atoms with Gasteiger partial charge < -0.3 is 14.1 Å². The zero-order valence-corrected chi connectivity index (χ0v) is 15.3. The van der Waals surface area contributed by atoms with E-state index in [0.29, 0.717) is 25.5 Å². The minimum Gasteiger partial charge on any atom is -0.466 e. The van der Waals surface area contributed by atoms with Gasteiger partial charge in [0.25, 0.3) is 0 Å². The maximum atomic E-state index is 12.9. The Labute approximate surface area is 147 Å². The van der Waals surface area contributed by atoms with Crippen molar-refractivity contribution in [3.05, 3.63) is 34.8 Å². The van der Waals surface area contributed by atoms with Crippen molar-refractivity contribution in [3.63, 3.8) is 0 Å². The highest BCUT2D eigenvalue weighted by Gasteiger charge is 2.31. The molecule has 136 valence electrons. The summed E-state index contributed by atoms with van der Waals surface area (Å²) >= 11 is 0. The number of rotatable bonds is 5. The van der Waals surface area contributed by atoms with E-state index in [9.17, 15) is 4.79 Å². The minimum atomic E-state index is -0.279. The molecule has 1 amide bonds. The third-order valence-electron chi connectivity index (χ3n) is 4.62. The van der Waals surface area contributed by atoms with Gasteiger partial charge in [0.05, 0.1) is 19.1 Å². The summed E-state index contributed by atoms with van der Waals surface area (Å²) in [5, 5.41) is 7.21. The van der Waals surface area contributed by atoms with Crippen LogP contribution in [-0.4, -0.2) is 45.7 Å². The third-order valence-corrected chi connectivity index (χ3v) is 4.62. The highest BCUT2D eigenvalue weighted by atomic mass is 16.5. The topological polar surface area (TPSA) is 84.2 Å². The van der Waals surface area contributed by atoms with Gasteiger partial charge >= 0.3 is 0 Å². The standard InChI is InChI=1S/C18H26N4O3/c1-5-6-16-19-17(21-20-16)15-10-22(7-8-24-15)18(23)12(3)14-9-11(2)25-13(14)4/h9,12,15H,5-8,10H2,1-4H3,(H,19,20,21)/t12-,15+/m1/s1. The first-order valence-corrected chi connectivity index (χ1v) is 8.88. The molecule has 0 bridgehead atoms. The van der Waals surface area contributed by atoms with Crippen molar-refractivity contribution in [2.45, 2.75) is 52.6 Å². The summed E-state index contributed by atoms with van der Waals surface area (Å²) in [6.45, 7) is 9.37. The van der Waals surface area contributed by atoms with Crippen LogP contribution in [0.5, 0.6) is 0 Å². The summed E-state index contributed by atoms with van der Waals surface area (Å²) in [5.74, 6) is 2.98. The maximum Gasteiger partial charge on any atom is 0.230 e. The molecule has 0 radical (unpaired) electrons. The first kappa shape index (κ1) is 17.7. The molecular weight excluding hydrogens is 320 g/mol. The Morgan fingerprint density at radius 2 is 2.28 bits per heavy atom. The van der Waals surface area contributed by atoms with Crippen molar-refractivity contribution < 1.29 is 13.9 Å². The molecule has 2 aromatic heterocycles. The molecule has 0 saturated carbocycles. The second kappa shape index (κ2) is 7.39. The van der Waals surface area contributed by atoms with E-state index >= 15 is 0 Å². The average molecular weight is 346 g/mol. The van der Waals surface area contributed by atoms with Crippen LogP contribution in [-0.2, 0) is 16.0 Å². The van der Waals surface area contributed by atoms with Crippen LogP contribution in [0.25, 0.3) is 0 Å². The van der Waals surface area contributed by atoms with E-state index in [4.69, 9.17) is 9.15 Å². The van der Waals surface area contributed by atoms with Gasteiger partial charge in [-0.15, -0.1) is 0 Å². The molecule has 7 heteroatoms. The molecule has 3 rings (SSSR count). The van der Waals surface area contributed by atoms with E-state index in [1.807, 2.05) is 31.7 Å². The van der Waals surface area contributed by atoms with Crippen molar-refractivity contribution in [2.75, 3.05) is 19.7 Å². The van der Waals surface area contributed by atoms with Gasteiger partial charge in [0.1, 0.15) is 23.4 Å². The molecule has 1 fully saturated rings. The molecule has 2 atom stereocenters. The van der Waals surface area contributed by atoms with Crippen LogP contribution in [0.4, 0.5) is 0 Å². The fourth-order valence-corrected chi connectivity index (χ4v) is 3.30. The number of aromatic amines is 1. The number of hydrogen-bond acceptors (Lipinski definition) is 5. The normalized spacial score (nSPS) is 19.2. The van der Waals surface area contributed by atoms with Gasteiger partial charge in [-0.2, -0.15) is 5.10 Å². The Bertz CT molecular complexity index is 737. The van der Waals surface area contributed by atoms with Crippen LogP contribution in [0.15, 0.2) is 10.5 Å². The second-order valence-corrected chi connectivity index (χ2v) is 6.62. The smallest absolute Gasteiger partial charge is 0.230 e. The SMILES string of the molecule is CCCc1nc([C@@H]2CN(C(=O)[C@H](C)c3cc(C)oc3C)CCO2)n[nH]1. The first-order chi connectivity index (χ1) is 12.0. The minimum absolute atomic E-state index is 0.0847. The van der Waals surface area contributed by atoms with E-state index < -0.39 is 0 Å². The van der Waals surface area contributed by atoms with E-state index in [0.717, 1.165) is 35.7 Å². The Morgan fingerprint density at radius 3 is 2.96 bits per heavy atom. The Hall–Kier alpha value is -2.15. The number of carbonyl (C=O) groups is 1. The van der Waals surface area contributed by atoms with Gasteiger partial charge in [-0.05, 0) is 33.3 Å². The predicted molar refractivity (Wildman–Crippen MR) is 92.2 cm³/mol. The van der Waals surface area contributed by atoms with Crippen molar-refractivity contribution in [2.24, 2.45) is 0 Å². The van der Waals surface area contributed by atoms with Crippen LogP contribution >= 0.6 is 0 Å². The number of morpholine rings is 1. The summed E-state index contributed by atoms with van der Waals surface area (Å²) in [7, 11) is 0. The first-order valence-electron chi connectivity index (χ1n) is 8.88. The lowest BCUT2D eigenvalue weighted by Gasteiger charge is -2.33. The van der Waals surface area contributed by atoms with Crippen molar-refractivity contribution >= 4 is 5.91 Å². The summed E-state index contributed by atoms with van der Waals surface area (Å²) in [4.78, 5) is 19.3. The van der Waals surface area contributed by atoms with Crippen LogP contribution in [0.3, 0.4) is 0 Å². The van der Waals surface area contributed by atoms with E-state index in [2.05, 4.69) is 22.1 Å². The van der Waals surface area contributed by atoms with Crippen LogP contribution in [0.1, 0.15) is 61.0 Å². The van der Waals surface area contributed by atoms with Crippen LogP contribution in [0.2, 0.25) is 0 Å². The Morgan fingerprint density at radius 1 is 1.48 bits per heavy atom. The van der Waals surface area contributed by atoms with Crippen LogP contribution in [0, 0.1) is 13.8 Å². The molecule has 1 N–H and O–H groups in total. The molecule has 0 unspecified atom stereocenters. The molecule has 0 aromatic carbocycles. The highest BCUT2D eigenvalue weighted by molar-refractivity contribution is 5.83. The largest absolute Gasteiger partial charge is 0.466 e. The summed E-state index contributed by atoms with van der Waals surface area (Å²) in [6.07, 6.45) is 1.59. The highest BCUT2D eigenvalue weighted by Crippen LogP contribution is 2.27. The number of aromatic nitrogens is 3. The quantitative estimate of drug-likeness (QED) is 0.900. The third kappa shape index (κ3) is 3.76. The monoisotopic (exact) mass is 346 g/mol. The van der Waals surface area contributed by atoms with Gasteiger partial charge in [-0.25, -0.2) is 4.98 Å². The van der Waals surface area contributed by atoms with Crippen LogP contribution < -0.4 is 0 Å². The lowest BCUT2D eigenvalue weighted by molar-refractivity contribution is -0.140. The fourth-order valence-electron chi connectivity index (χ4n) is 3.30. The average Bonchev–Trinajstić information content (AvgIpc) is 3.20. The fraction of sp³-hybridized carbons (Fsp3) is 0.611. The van der Waals surface area contributed by atoms with Gasteiger partial charge in [0.15, 0.2) is 5.82 Å².